The Morgan fingerprint density at radius 2 is 0.905 bits per heavy atom. The summed E-state index contributed by atoms with van der Waals surface area (Å²) in [5.41, 5.74) is 0. The largest absolute Gasteiger partial charge is 1.00 e. The first-order valence-electron chi connectivity index (χ1n) is 9.15. The number of unbranched alkanes of at least 4 members (excludes halogenated alkanes) is 8. The smallest absolute Gasteiger partial charge is 0.154 e. The van der Waals surface area contributed by atoms with Crippen molar-refractivity contribution >= 4 is 11.6 Å². The second kappa shape index (κ2) is 16.9. The molecule has 0 aliphatic heterocycles. The molecule has 0 aromatic heterocycles. The molecule has 0 aliphatic rings. The lowest BCUT2D eigenvalue weighted by Gasteiger charge is -2.37. The number of hydrogen-bond donors (Lipinski definition) is 0. The minimum Gasteiger partial charge on any atom is -1.00 e. The van der Waals surface area contributed by atoms with Gasteiger partial charge in [-0.05, 0) is 38.5 Å². The van der Waals surface area contributed by atoms with Crippen molar-refractivity contribution in [3.8, 4) is 0 Å². The summed E-state index contributed by atoms with van der Waals surface area (Å²) in [5, 5.41) is 0. The first-order chi connectivity index (χ1) is 9.74. The maximum Gasteiger partial charge on any atom is 0.154 e. The van der Waals surface area contributed by atoms with Gasteiger partial charge in [0, 0.05) is 0 Å². The summed E-state index contributed by atoms with van der Waals surface area (Å²) >= 11 is 6.40. The number of nitrogens with zero attached hydrogens (tertiary/aromatic N) is 1. The minimum absolute atomic E-state index is 0. The molecule has 0 atom stereocenters. The third-order valence-corrected chi connectivity index (χ3v) is 4.97. The van der Waals surface area contributed by atoms with E-state index in [1.54, 1.807) is 0 Å². The Hall–Kier alpha value is 0.540. The summed E-state index contributed by atoms with van der Waals surface area (Å²) in [6.07, 6.45) is 14.9. The Morgan fingerprint density at radius 1 is 0.571 bits per heavy atom. The SMILES string of the molecule is CCCCCC[N+](CCl)(CCCCC)CCCCCC.[Cl-]. The van der Waals surface area contributed by atoms with Gasteiger partial charge in [-0.25, -0.2) is 0 Å². The van der Waals surface area contributed by atoms with Gasteiger partial charge in [-0.3, -0.25) is 0 Å². The Labute approximate surface area is 145 Å². The monoisotopic (exact) mass is 339 g/mol. The molecule has 0 amide bonds. The van der Waals surface area contributed by atoms with Gasteiger partial charge in [0.2, 0.25) is 0 Å². The molecule has 3 heteroatoms. The molecule has 0 unspecified atom stereocenters. The number of quaternary nitrogens is 1. The molecular weight excluding hydrogens is 301 g/mol. The van der Waals surface area contributed by atoms with E-state index in [-0.39, 0.29) is 12.4 Å². The Bertz CT molecular complexity index is 186. The van der Waals surface area contributed by atoms with Crippen LogP contribution in [0.15, 0.2) is 0 Å². The lowest BCUT2D eigenvalue weighted by Crippen LogP contribution is -3.00. The fraction of sp³-hybridized carbons (Fsp3) is 1.00. The number of rotatable bonds is 15. The summed E-state index contributed by atoms with van der Waals surface area (Å²) < 4.78 is 1.18. The molecule has 0 saturated carbocycles. The van der Waals surface area contributed by atoms with Crippen LogP contribution < -0.4 is 12.4 Å². The summed E-state index contributed by atoms with van der Waals surface area (Å²) in [4.78, 5) is 0. The van der Waals surface area contributed by atoms with Gasteiger partial charge in [0.15, 0.2) is 6.00 Å². The summed E-state index contributed by atoms with van der Waals surface area (Å²) in [5.74, 6) is 0. The Balaban J connectivity index is 0. The van der Waals surface area contributed by atoms with E-state index >= 15 is 0 Å². The standard InChI is InChI=1S/C18H39ClN.ClH/c1-4-7-10-13-16-20(18-19,15-12-9-6-3)17-14-11-8-5-2;/h4-18H2,1-3H3;1H/q+1;/p-1. The van der Waals surface area contributed by atoms with E-state index in [1.165, 1.54) is 94.7 Å². The zero-order valence-electron chi connectivity index (χ0n) is 14.8. The van der Waals surface area contributed by atoms with Gasteiger partial charge in [0.05, 0.1) is 19.6 Å². The second-order valence-electron chi connectivity index (χ2n) is 6.46. The summed E-state index contributed by atoms with van der Waals surface area (Å²) in [6, 6.07) is 0.821. The van der Waals surface area contributed by atoms with E-state index in [9.17, 15) is 0 Å². The lowest BCUT2D eigenvalue weighted by atomic mass is 10.1. The summed E-state index contributed by atoms with van der Waals surface area (Å²) in [7, 11) is 0. The quantitative estimate of drug-likeness (QED) is 0.186. The molecule has 0 radical (unpaired) electrons. The van der Waals surface area contributed by atoms with Crippen LogP contribution in [-0.4, -0.2) is 30.1 Å². The van der Waals surface area contributed by atoms with Crippen molar-refractivity contribution in [1.29, 1.82) is 0 Å². The van der Waals surface area contributed by atoms with E-state index < -0.39 is 0 Å². The van der Waals surface area contributed by atoms with Gasteiger partial charge >= 0.3 is 0 Å². The van der Waals surface area contributed by atoms with Crippen LogP contribution in [0.5, 0.6) is 0 Å². The van der Waals surface area contributed by atoms with Crippen molar-refractivity contribution in [3.05, 3.63) is 0 Å². The van der Waals surface area contributed by atoms with Crippen LogP contribution in [-0.2, 0) is 0 Å². The highest BCUT2D eigenvalue weighted by atomic mass is 35.5. The Morgan fingerprint density at radius 3 is 1.24 bits per heavy atom. The first-order valence-corrected chi connectivity index (χ1v) is 9.69. The van der Waals surface area contributed by atoms with Crippen LogP contribution >= 0.6 is 11.6 Å². The van der Waals surface area contributed by atoms with Gasteiger partial charge in [-0.2, -0.15) is 0 Å². The van der Waals surface area contributed by atoms with E-state index in [2.05, 4.69) is 20.8 Å². The van der Waals surface area contributed by atoms with Gasteiger partial charge in [-0.1, -0.05) is 64.5 Å². The predicted molar refractivity (Wildman–Crippen MR) is 93.4 cm³/mol. The maximum atomic E-state index is 6.40. The van der Waals surface area contributed by atoms with Crippen molar-refractivity contribution in [2.45, 2.75) is 91.4 Å². The molecule has 0 N–H and O–H groups in total. The first kappa shape index (κ1) is 23.8. The van der Waals surface area contributed by atoms with Crippen LogP contribution in [0.1, 0.15) is 91.4 Å². The van der Waals surface area contributed by atoms with Crippen LogP contribution in [0.2, 0.25) is 0 Å². The van der Waals surface area contributed by atoms with E-state index in [0.29, 0.717) is 0 Å². The van der Waals surface area contributed by atoms with Crippen molar-refractivity contribution in [1.82, 2.24) is 0 Å². The predicted octanol–water partition coefficient (Wildman–Crippen LogP) is 3.35. The fourth-order valence-corrected chi connectivity index (χ4v) is 3.32. The zero-order valence-corrected chi connectivity index (χ0v) is 16.3. The van der Waals surface area contributed by atoms with Crippen molar-refractivity contribution in [2.24, 2.45) is 0 Å². The second-order valence-corrected chi connectivity index (χ2v) is 6.70. The van der Waals surface area contributed by atoms with E-state index in [4.69, 9.17) is 11.6 Å². The average Bonchev–Trinajstić information content (AvgIpc) is 2.47. The Kier molecular flexibility index (Phi) is 19.2. The van der Waals surface area contributed by atoms with E-state index in [1.807, 2.05) is 0 Å². The van der Waals surface area contributed by atoms with Gasteiger partial charge in [-0.15, -0.1) is 0 Å². The number of halogens is 2. The molecule has 0 heterocycles. The highest BCUT2D eigenvalue weighted by Gasteiger charge is 2.24. The molecular formula is C18H39Cl2N. The number of hydrogen-bond acceptors (Lipinski definition) is 0. The molecule has 0 aliphatic carbocycles. The highest BCUT2D eigenvalue weighted by molar-refractivity contribution is 6.16. The summed E-state index contributed by atoms with van der Waals surface area (Å²) in [6.45, 7) is 10.8. The molecule has 0 saturated heterocycles. The highest BCUT2D eigenvalue weighted by Crippen LogP contribution is 2.18. The minimum atomic E-state index is 0. The maximum absolute atomic E-state index is 6.40. The van der Waals surface area contributed by atoms with Crippen LogP contribution in [0.25, 0.3) is 0 Å². The fourth-order valence-electron chi connectivity index (χ4n) is 2.96. The van der Waals surface area contributed by atoms with Crippen LogP contribution in [0.4, 0.5) is 0 Å². The lowest BCUT2D eigenvalue weighted by molar-refractivity contribution is -0.918. The molecule has 0 fully saturated rings. The van der Waals surface area contributed by atoms with Gasteiger partial charge in [0.1, 0.15) is 0 Å². The zero-order chi connectivity index (χ0) is 15.1. The normalized spacial score (nSPS) is 11.4. The number of alkyl halides is 1. The van der Waals surface area contributed by atoms with E-state index in [0.717, 1.165) is 6.00 Å². The van der Waals surface area contributed by atoms with Crippen molar-refractivity contribution in [2.75, 3.05) is 25.6 Å². The van der Waals surface area contributed by atoms with Crippen molar-refractivity contribution in [3.63, 3.8) is 0 Å². The third-order valence-electron chi connectivity index (χ3n) is 4.46. The van der Waals surface area contributed by atoms with Crippen molar-refractivity contribution < 1.29 is 16.9 Å². The molecule has 0 aromatic rings. The third kappa shape index (κ3) is 12.7. The van der Waals surface area contributed by atoms with Gasteiger partial charge in [0.25, 0.3) is 0 Å². The molecule has 1 nitrogen and oxygen atoms in total. The molecule has 0 aromatic carbocycles. The topological polar surface area (TPSA) is 0 Å². The molecule has 0 spiro atoms. The molecule has 130 valence electrons. The molecule has 21 heavy (non-hydrogen) atoms. The van der Waals surface area contributed by atoms with Gasteiger partial charge < -0.3 is 16.9 Å². The van der Waals surface area contributed by atoms with Crippen LogP contribution in [0.3, 0.4) is 0 Å². The average molecular weight is 340 g/mol. The molecule has 0 rings (SSSR count). The van der Waals surface area contributed by atoms with Crippen LogP contribution in [0, 0.1) is 0 Å². The molecule has 0 bridgehead atoms.